The van der Waals surface area contributed by atoms with Crippen LogP contribution in [0.15, 0.2) is 17.1 Å². The Morgan fingerprint density at radius 1 is 1.16 bits per heavy atom. The predicted molar refractivity (Wildman–Crippen MR) is 116 cm³/mol. The van der Waals surface area contributed by atoms with E-state index in [-0.39, 0.29) is 24.0 Å². The molecule has 0 aliphatic carbocycles. The second-order valence-electron chi connectivity index (χ2n) is 5.87. The molecule has 25 heavy (non-hydrogen) atoms. The maximum Gasteiger partial charge on any atom is 0.191 e. The number of hydrogen-bond donors (Lipinski definition) is 3. The number of hydrogen-bond acceptors (Lipinski definition) is 4. The average molecular weight is 474 g/mol. The summed E-state index contributed by atoms with van der Waals surface area (Å²) >= 11 is 1.71. The Balaban J connectivity index is 0.00000312. The SMILES string of the molecule is CCNC(=NCc1cc(C)c(O)c(C)c1)NCc1sc(C)nc1C.I. The van der Waals surface area contributed by atoms with Crippen molar-refractivity contribution >= 4 is 41.3 Å². The second kappa shape index (κ2) is 9.96. The van der Waals surface area contributed by atoms with Gasteiger partial charge in [0.1, 0.15) is 5.75 Å². The number of guanidine groups is 1. The van der Waals surface area contributed by atoms with Crippen LogP contribution in [-0.2, 0) is 13.1 Å². The number of thiazole rings is 1. The first-order chi connectivity index (χ1) is 11.4. The quantitative estimate of drug-likeness (QED) is 0.349. The standard InChI is InChI=1S/C18H26N4OS.HI/c1-6-19-18(21-10-16-13(4)22-14(5)24-16)20-9-15-7-11(2)17(23)12(3)8-15;/h7-8,23H,6,9-10H2,1-5H3,(H2,19,20,21);1H. The lowest BCUT2D eigenvalue weighted by Crippen LogP contribution is -2.36. The van der Waals surface area contributed by atoms with Gasteiger partial charge in [0.25, 0.3) is 0 Å². The summed E-state index contributed by atoms with van der Waals surface area (Å²) in [5.41, 5.74) is 3.93. The summed E-state index contributed by atoms with van der Waals surface area (Å²) in [6.07, 6.45) is 0. The van der Waals surface area contributed by atoms with Gasteiger partial charge >= 0.3 is 0 Å². The highest BCUT2D eigenvalue weighted by molar-refractivity contribution is 14.0. The number of aromatic hydroxyl groups is 1. The van der Waals surface area contributed by atoms with Crippen LogP contribution in [0.5, 0.6) is 5.75 Å². The second-order valence-corrected chi connectivity index (χ2v) is 7.16. The molecule has 0 bridgehead atoms. The van der Waals surface area contributed by atoms with Gasteiger partial charge < -0.3 is 15.7 Å². The van der Waals surface area contributed by atoms with E-state index in [1.54, 1.807) is 11.3 Å². The summed E-state index contributed by atoms with van der Waals surface area (Å²) < 4.78 is 0. The number of halogens is 1. The molecule has 1 aromatic heterocycles. The Labute approximate surface area is 171 Å². The highest BCUT2D eigenvalue weighted by atomic mass is 127. The van der Waals surface area contributed by atoms with Gasteiger partial charge in [0.15, 0.2) is 5.96 Å². The van der Waals surface area contributed by atoms with E-state index in [1.165, 1.54) is 4.88 Å². The van der Waals surface area contributed by atoms with E-state index in [0.29, 0.717) is 12.3 Å². The number of nitrogens with one attached hydrogen (secondary N) is 2. The maximum atomic E-state index is 9.87. The number of rotatable bonds is 5. The van der Waals surface area contributed by atoms with Gasteiger partial charge in [-0.05, 0) is 51.3 Å². The van der Waals surface area contributed by atoms with E-state index in [9.17, 15) is 5.11 Å². The van der Waals surface area contributed by atoms with Gasteiger partial charge in [-0.1, -0.05) is 12.1 Å². The van der Waals surface area contributed by atoms with Crippen LogP contribution in [0.4, 0.5) is 0 Å². The first kappa shape index (κ1) is 21.7. The van der Waals surface area contributed by atoms with E-state index in [0.717, 1.165) is 46.4 Å². The molecule has 0 radical (unpaired) electrons. The van der Waals surface area contributed by atoms with Crippen molar-refractivity contribution in [3.63, 3.8) is 0 Å². The van der Waals surface area contributed by atoms with Gasteiger partial charge in [-0.15, -0.1) is 35.3 Å². The number of phenols is 1. The van der Waals surface area contributed by atoms with Gasteiger partial charge in [0.05, 0.1) is 23.8 Å². The monoisotopic (exact) mass is 474 g/mol. The number of phenolic OH excluding ortho intramolecular Hbond substituents is 1. The minimum Gasteiger partial charge on any atom is -0.507 e. The molecule has 1 heterocycles. The number of aromatic nitrogens is 1. The summed E-state index contributed by atoms with van der Waals surface area (Å²) in [7, 11) is 0. The number of aliphatic imine (C=N–C) groups is 1. The highest BCUT2D eigenvalue weighted by Crippen LogP contribution is 2.23. The van der Waals surface area contributed by atoms with Crippen LogP contribution >= 0.6 is 35.3 Å². The minimum atomic E-state index is 0. The molecule has 0 fully saturated rings. The summed E-state index contributed by atoms with van der Waals surface area (Å²) in [6, 6.07) is 3.96. The fraction of sp³-hybridized carbons (Fsp3) is 0.444. The molecule has 2 aromatic rings. The van der Waals surface area contributed by atoms with Crippen LogP contribution in [0, 0.1) is 27.7 Å². The van der Waals surface area contributed by atoms with Crippen LogP contribution in [-0.4, -0.2) is 22.6 Å². The van der Waals surface area contributed by atoms with Crippen LogP contribution in [0.25, 0.3) is 0 Å². The lowest BCUT2D eigenvalue weighted by molar-refractivity contribution is 0.466. The zero-order valence-corrected chi connectivity index (χ0v) is 18.6. The summed E-state index contributed by atoms with van der Waals surface area (Å²) in [4.78, 5) is 10.3. The molecule has 0 amide bonds. The Kier molecular flexibility index (Phi) is 8.64. The van der Waals surface area contributed by atoms with Crippen molar-refractivity contribution < 1.29 is 5.11 Å². The van der Waals surface area contributed by atoms with E-state index >= 15 is 0 Å². The van der Waals surface area contributed by atoms with Gasteiger partial charge in [0, 0.05) is 11.4 Å². The van der Waals surface area contributed by atoms with E-state index in [4.69, 9.17) is 0 Å². The molecular weight excluding hydrogens is 447 g/mol. The Morgan fingerprint density at radius 2 is 1.80 bits per heavy atom. The summed E-state index contributed by atoms with van der Waals surface area (Å²) in [5.74, 6) is 1.15. The molecule has 1 aromatic carbocycles. The molecule has 0 saturated carbocycles. The Morgan fingerprint density at radius 3 is 2.32 bits per heavy atom. The lowest BCUT2D eigenvalue weighted by atomic mass is 10.1. The third-order valence-corrected chi connectivity index (χ3v) is 4.80. The van der Waals surface area contributed by atoms with Gasteiger partial charge in [-0.3, -0.25) is 0 Å². The zero-order chi connectivity index (χ0) is 17.7. The molecule has 0 aliphatic rings. The molecule has 2 rings (SSSR count). The van der Waals surface area contributed by atoms with Crippen LogP contribution in [0.3, 0.4) is 0 Å². The fourth-order valence-electron chi connectivity index (χ4n) is 2.55. The Hall–Kier alpha value is -1.35. The topological polar surface area (TPSA) is 69.5 Å². The third kappa shape index (κ3) is 6.14. The number of aryl methyl sites for hydroxylation is 4. The summed E-state index contributed by atoms with van der Waals surface area (Å²) in [5, 5.41) is 17.6. The third-order valence-electron chi connectivity index (χ3n) is 3.73. The van der Waals surface area contributed by atoms with Crippen molar-refractivity contribution in [2.24, 2.45) is 4.99 Å². The predicted octanol–water partition coefficient (Wildman–Crippen LogP) is 3.96. The van der Waals surface area contributed by atoms with E-state index in [1.807, 2.05) is 46.8 Å². The van der Waals surface area contributed by atoms with Crippen LogP contribution in [0.2, 0.25) is 0 Å². The molecule has 138 valence electrons. The number of benzene rings is 1. The van der Waals surface area contributed by atoms with Crippen molar-refractivity contribution in [3.8, 4) is 5.75 Å². The van der Waals surface area contributed by atoms with Gasteiger partial charge in [-0.2, -0.15) is 0 Å². The molecule has 0 spiro atoms. The molecule has 0 aliphatic heterocycles. The lowest BCUT2D eigenvalue weighted by Gasteiger charge is -2.11. The normalized spacial score (nSPS) is 11.2. The summed E-state index contributed by atoms with van der Waals surface area (Å²) in [6.45, 7) is 12.0. The van der Waals surface area contributed by atoms with Crippen molar-refractivity contribution in [2.75, 3.05) is 6.54 Å². The first-order valence-electron chi connectivity index (χ1n) is 8.14. The van der Waals surface area contributed by atoms with Crippen molar-refractivity contribution in [2.45, 2.75) is 47.7 Å². The Bertz CT molecular complexity index is 720. The average Bonchev–Trinajstić information content (AvgIpc) is 2.85. The molecule has 5 nitrogen and oxygen atoms in total. The van der Waals surface area contributed by atoms with Gasteiger partial charge in [0.2, 0.25) is 0 Å². The van der Waals surface area contributed by atoms with E-state index < -0.39 is 0 Å². The van der Waals surface area contributed by atoms with Gasteiger partial charge in [-0.25, -0.2) is 9.98 Å². The van der Waals surface area contributed by atoms with Crippen LogP contribution in [0.1, 0.15) is 39.2 Å². The molecule has 7 heteroatoms. The largest absolute Gasteiger partial charge is 0.507 e. The zero-order valence-electron chi connectivity index (χ0n) is 15.4. The van der Waals surface area contributed by atoms with Crippen molar-refractivity contribution in [1.29, 1.82) is 0 Å². The fourth-order valence-corrected chi connectivity index (χ4v) is 3.43. The molecule has 0 unspecified atom stereocenters. The molecule has 0 atom stereocenters. The number of nitrogens with zero attached hydrogens (tertiary/aromatic N) is 2. The van der Waals surface area contributed by atoms with E-state index in [2.05, 4.69) is 20.6 Å². The van der Waals surface area contributed by atoms with Crippen molar-refractivity contribution in [3.05, 3.63) is 44.4 Å². The molecule has 0 saturated heterocycles. The highest BCUT2D eigenvalue weighted by Gasteiger charge is 2.07. The first-order valence-corrected chi connectivity index (χ1v) is 8.96. The molecule has 3 N–H and O–H groups in total. The smallest absolute Gasteiger partial charge is 0.191 e. The minimum absolute atomic E-state index is 0. The van der Waals surface area contributed by atoms with Crippen LogP contribution < -0.4 is 10.6 Å². The molecular formula is C18H27IN4OS. The van der Waals surface area contributed by atoms with Crippen molar-refractivity contribution in [1.82, 2.24) is 15.6 Å². The maximum absolute atomic E-state index is 9.87.